The smallest absolute Gasteiger partial charge is 0.256 e. The molecule has 1 heterocycles. The first kappa shape index (κ1) is 17.2. The molecule has 1 atom stereocenters. The number of benzene rings is 2. The fourth-order valence-corrected chi connectivity index (χ4v) is 3.05. The lowest BCUT2D eigenvalue weighted by Crippen LogP contribution is -2.30. The Labute approximate surface area is 147 Å². The van der Waals surface area contributed by atoms with Gasteiger partial charge in [-0.3, -0.25) is 9.59 Å². The van der Waals surface area contributed by atoms with Gasteiger partial charge in [-0.2, -0.15) is 0 Å². The Hall–Kier alpha value is -2.66. The molecule has 3 rings (SSSR count). The number of fused-ring (bicyclic) bond motifs is 1. The van der Waals surface area contributed by atoms with Crippen LogP contribution in [0.3, 0.4) is 0 Å². The van der Waals surface area contributed by atoms with Crippen LogP contribution in [0.2, 0.25) is 0 Å². The highest BCUT2D eigenvalue weighted by molar-refractivity contribution is 5.99. The molecule has 0 aromatic heterocycles. The van der Waals surface area contributed by atoms with Crippen molar-refractivity contribution in [3.8, 4) is 0 Å². The van der Waals surface area contributed by atoms with Crippen molar-refractivity contribution >= 4 is 11.8 Å². The summed E-state index contributed by atoms with van der Waals surface area (Å²) in [6.07, 6.45) is 0.946. The van der Waals surface area contributed by atoms with E-state index in [0.717, 1.165) is 18.4 Å². The summed E-state index contributed by atoms with van der Waals surface area (Å²) in [4.78, 5) is 26.4. The summed E-state index contributed by atoms with van der Waals surface area (Å²) in [5.74, 6) is -0.369. The lowest BCUT2D eigenvalue weighted by Gasteiger charge is -2.22. The van der Waals surface area contributed by atoms with E-state index >= 15 is 0 Å². The van der Waals surface area contributed by atoms with Gasteiger partial charge in [0.05, 0.1) is 0 Å². The zero-order valence-corrected chi connectivity index (χ0v) is 14.2. The number of amides is 2. The SMILES string of the molecule is CCCCNC(=O)c1ccccc1CN1C(=O)c2ccccc2C1O. The maximum Gasteiger partial charge on any atom is 0.256 e. The molecule has 0 fully saturated rings. The monoisotopic (exact) mass is 338 g/mol. The number of unbranched alkanes of at least 4 members (excludes halogenated alkanes) is 1. The van der Waals surface area contributed by atoms with E-state index in [2.05, 4.69) is 12.2 Å². The number of carbonyl (C=O) groups excluding carboxylic acids is 2. The van der Waals surface area contributed by atoms with Gasteiger partial charge in [0.25, 0.3) is 11.8 Å². The zero-order chi connectivity index (χ0) is 17.8. The molecule has 0 saturated heterocycles. The van der Waals surface area contributed by atoms with Crippen molar-refractivity contribution in [3.63, 3.8) is 0 Å². The van der Waals surface area contributed by atoms with Crippen LogP contribution in [0.15, 0.2) is 48.5 Å². The minimum atomic E-state index is -0.986. The fraction of sp³-hybridized carbons (Fsp3) is 0.300. The molecular weight excluding hydrogens is 316 g/mol. The van der Waals surface area contributed by atoms with Crippen LogP contribution in [0.4, 0.5) is 0 Å². The summed E-state index contributed by atoms with van der Waals surface area (Å²) >= 11 is 0. The van der Waals surface area contributed by atoms with E-state index in [1.807, 2.05) is 12.1 Å². The van der Waals surface area contributed by atoms with Crippen LogP contribution in [0.1, 0.15) is 57.8 Å². The second-order valence-corrected chi connectivity index (χ2v) is 6.16. The molecule has 0 radical (unpaired) electrons. The molecule has 0 spiro atoms. The van der Waals surface area contributed by atoms with Gasteiger partial charge in [-0.05, 0) is 24.1 Å². The van der Waals surface area contributed by atoms with Crippen LogP contribution < -0.4 is 5.32 Å². The highest BCUT2D eigenvalue weighted by Crippen LogP contribution is 2.33. The number of nitrogens with one attached hydrogen (secondary N) is 1. The Morgan fingerprint density at radius 3 is 2.64 bits per heavy atom. The topological polar surface area (TPSA) is 69.6 Å². The molecule has 0 aliphatic carbocycles. The van der Waals surface area contributed by atoms with E-state index in [1.54, 1.807) is 36.4 Å². The molecule has 2 aromatic rings. The van der Waals surface area contributed by atoms with Crippen LogP contribution in [0.25, 0.3) is 0 Å². The molecule has 5 nitrogen and oxygen atoms in total. The van der Waals surface area contributed by atoms with E-state index < -0.39 is 6.23 Å². The minimum Gasteiger partial charge on any atom is -0.369 e. The number of aliphatic hydroxyl groups excluding tert-OH is 1. The Kier molecular flexibility index (Phi) is 5.14. The van der Waals surface area contributed by atoms with Gasteiger partial charge in [0.1, 0.15) is 0 Å². The third-order valence-electron chi connectivity index (χ3n) is 4.44. The lowest BCUT2D eigenvalue weighted by atomic mass is 10.1. The number of nitrogens with zero attached hydrogens (tertiary/aromatic N) is 1. The van der Waals surface area contributed by atoms with Crippen molar-refractivity contribution in [1.29, 1.82) is 0 Å². The van der Waals surface area contributed by atoms with Crippen molar-refractivity contribution in [2.45, 2.75) is 32.5 Å². The standard InChI is InChI=1S/C20H22N2O3/c1-2-3-12-21-18(23)15-9-5-4-8-14(15)13-22-19(24)16-10-6-7-11-17(16)20(22)25/h4-11,19,24H,2-3,12-13H2,1H3,(H,21,23). The normalized spacial score (nSPS) is 16.0. The molecule has 1 aliphatic rings. The second-order valence-electron chi connectivity index (χ2n) is 6.16. The van der Waals surface area contributed by atoms with E-state index in [-0.39, 0.29) is 18.4 Å². The van der Waals surface area contributed by atoms with E-state index in [9.17, 15) is 14.7 Å². The molecule has 130 valence electrons. The highest BCUT2D eigenvalue weighted by Gasteiger charge is 2.35. The van der Waals surface area contributed by atoms with Crippen LogP contribution >= 0.6 is 0 Å². The summed E-state index contributed by atoms with van der Waals surface area (Å²) in [6, 6.07) is 14.2. The summed E-state index contributed by atoms with van der Waals surface area (Å²) in [7, 11) is 0. The van der Waals surface area contributed by atoms with Crippen LogP contribution in [-0.2, 0) is 6.54 Å². The highest BCUT2D eigenvalue weighted by atomic mass is 16.3. The molecule has 25 heavy (non-hydrogen) atoms. The summed E-state index contributed by atoms with van der Waals surface area (Å²) in [6.45, 7) is 2.88. The first-order valence-corrected chi connectivity index (χ1v) is 8.57. The van der Waals surface area contributed by atoms with Gasteiger partial charge in [0.15, 0.2) is 6.23 Å². The molecule has 2 aromatic carbocycles. The quantitative estimate of drug-likeness (QED) is 0.796. The molecule has 5 heteroatoms. The van der Waals surface area contributed by atoms with Crippen molar-refractivity contribution in [2.24, 2.45) is 0 Å². The Morgan fingerprint density at radius 2 is 1.88 bits per heavy atom. The predicted molar refractivity (Wildman–Crippen MR) is 95.0 cm³/mol. The first-order chi connectivity index (χ1) is 12.1. The summed E-state index contributed by atoms with van der Waals surface area (Å²) in [5, 5.41) is 13.4. The fourth-order valence-electron chi connectivity index (χ4n) is 3.05. The maximum absolute atomic E-state index is 12.6. The van der Waals surface area contributed by atoms with Gasteiger partial charge in [0, 0.05) is 29.8 Å². The van der Waals surface area contributed by atoms with Gasteiger partial charge in [0.2, 0.25) is 0 Å². The van der Waals surface area contributed by atoms with Crippen molar-refractivity contribution in [1.82, 2.24) is 10.2 Å². The number of carbonyl (C=O) groups is 2. The predicted octanol–water partition coefficient (Wildman–Crippen LogP) is 2.86. The zero-order valence-electron chi connectivity index (χ0n) is 14.2. The Balaban J connectivity index is 1.80. The average Bonchev–Trinajstić information content (AvgIpc) is 2.88. The molecular formula is C20H22N2O3. The molecule has 2 amide bonds. The van der Waals surface area contributed by atoms with Gasteiger partial charge >= 0.3 is 0 Å². The third-order valence-corrected chi connectivity index (χ3v) is 4.44. The minimum absolute atomic E-state index is 0.150. The van der Waals surface area contributed by atoms with Gasteiger partial charge in [-0.15, -0.1) is 0 Å². The largest absolute Gasteiger partial charge is 0.369 e. The molecule has 1 aliphatic heterocycles. The van der Waals surface area contributed by atoms with E-state index in [1.165, 1.54) is 4.90 Å². The van der Waals surface area contributed by atoms with Gasteiger partial charge in [-0.1, -0.05) is 49.7 Å². The van der Waals surface area contributed by atoms with Crippen LogP contribution in [0, 0.1) is 0 Å². The van der Waals surface area contributed by atoms with Gasteiger partial charge in [-0.25, -0.2) is 0 Å². The second kappa shape index (κ2) is 7.49. The summed E-state index contributed by atoms with van der Waals surface area (Å²) < 4.78 is 0. The Morgan fingerprint density at radius 1 is 1.16 bits per heavy atom. The van der Waals surface area contributed by atoms with E-state index in [0.29, 0.717) is 23.2 Å². The van der Waals surface area contributed by atoms with Crippen molar-refractivity contribution in [2.75, 3.05) is 6.54 Å². The maximum atomic E-state index is 12.6. The molecule has 1 unspecified atom stereocenters. The lowest BCUT2D eigenvalue weighted by molar-refractivity contribution is 0.0136. The number of aliphatic hydroxyl groups is 1. The first-order valence-electron chi connectivity index (χ1n) is 8.57. The van der Waals surface area contributed by atoms with Gasteiger partial charge < -0.3 is 15.3 Å². The van der Waals surface area contributed by atoms with E-state index in [4.69, 9.17) is 0 Å². The number of hydrogen-bond acceptors (Lipinski definition) is 3. The Bertz CT molecular complexity index is 788. The number of rotatable bonds is 6. The summed E-state index contributed by atoms with van der Waals surface area (Å²) in [5.41, 5.74) is 2.38. The third kappa shape index (κ3) is 3.42. The molecule has 2 N–H and O–H groups in total. The van der Waals surface area contributed by atoms with Crippen LogP contribution in [-0.4, -0.2) is 28.4 Å². The number of hydrogen-bond donors (Lipinski definition) is 2. The van der Waals surface area contributed by atoms with Crippen molar-refractivity contribution < 1.29 is 14.7 Å². The average molecular weight is 338 g/mol. The molecule has 0 bridgehead atoms. The van der Waals surface area contributed by atoms with Crippen LogP contribution in [0.5, 0.6) is 0 Å². The molecule has 0 saturated carbocycles. The van der Waals surface area contributed by atoms with Crippen molar-refractivity contribution in [3.05, 3.63) is 70.8 Å².